The highest BCUT2D eigenvalue weighted by Gasteiger charge is 2.27. The summed E-state index contributed by atoms with van der Waals surface area (Å²) < 4.78 is 6.30. The molecule has 74 valence electrons. The molecular formula is C9H15IO2Si. The van der Waals surface area contributed by atoms with E-state index in [1.54, 1.807) is 0 Å². The third kappa shape index (κ3) is 2.80. The largest absolute Gasteiger partial charge is 0.462 e. The Labute approximate surface area is 93.9 Å². The minimum Gasteiger partial charge on any atom is -0.462 e. The maximum absolute atomic E-state index is 11.4. The zero-order chi connectivity index (χ0) is 10.1. The molecule has 1 aliphatic heterocycles. The molecule has 2 nitrogen and oxygen atoms in total. The van der Waals surface area contributed by atoms with Crippen LogP contribution in [0.5, 0.6) is 0 Å². The first-order valence-electron chi connectivity index (χ1n) is 4.49. The summed E-state index contributed by atoms with van der Waals surface area (Å²) in [5, 5.41) is 0. The lowest BCUT2D eigenvalue weighted by atomic mass is 10.1. The summed E-state index contributed by atoms with van der Waals surface area (Å²) in [4.78, 5) is 11.4. The average molecular weight is 310 g/mol. The lowest BCUT2D eigenvalue weighted by Crippen LogP contribution is -2.26. The van der Waals surface area contributed by atoms with Crippen LogP contribution in [0, 0.1) is 0 Å². The van der Waals surface area contributed by atoms with E-state index in [0.717, 1.165) is 18.4 Å². The molecular weight excluding hydrogens is 295 g/mol. The second-order valence-corrected chi connectivity index (χ2v) is 11.4. The van der Waals surface area contributed by atoms with Crippen molar-refractivity contribution in [2.24, 2.45) is 0 Å². The van der Waals surface area contributed by atoms with Crippen LogP contribution in [0.15, 0.2) is 8.78 Å². The second-order valence-electron chi connectivity index (χ2n) is 4.28. The quantitative estimate of drug-likeness (QED) is 0.322. The fourth-order valence-corrected chi connectivity index (χ4v) is 2.88. The predicted octanol–water partition coefficient (Wildman–Crippen LogP) is 2.89. The van der Waals surface area contributed by atoms with Crippen LogP contribution >= 0.6 is 22.6 Å². The van der Waals surface area contributed by atoms with E-state index in [4.69, 9.17) is 4.74 Å². The fourth-order valence-electron chi connectivity index (χ4n) is 1.26. The summed E-state index contributed by atoms with van der Waals surface area (Å²) >= 11 is 2.32. The number of carbonyl (C=O) groups excluding carboxylic acids is 1. The van der Waals surface area contributed by atoms with Crippen molar-refractivity contribution in [3.8, 4) is 0 Å². The van der Waals surface area contributed by atoms with Crippen molar-refractivity contribution < 1.29 is 9.53 Å². The predicted molar refractivity (Wildman–Crippen MR) is 64.6 cm³/mol. The molecule has 1 rings (SSSR count). The minimum absolute atomic E-state index is 0.0851. The first-order valence-corrected chi connectivity index (χ1v) is 9.07. The molecule has 1 aliphatic rings. The van der Waals surface area contributed by atoms with Gasteiger partial charge in [0.25, 0.3) is 0 Å². The smallest absolute Gasteiger partial charge is 0.334 e. The standard InChI is InChI=1S/C9H15IO2Si/c1-13(2,3)8(10)7-5-4-6-12-9(7)11/h4-6H2,1-3H3/b8-7+. The van der Waals surface area contributed by atoms with Crippen LogP contribution in [0.3, 0.4) is 0 Å². The van der Waals surface area contributed by atoms with E-state index in [1.165, 1.54) is 3.20 Å². The molecule has 0 saturated carbocycles. The van der Waals surface area contributed by atoms with E-state index in [1.807, 2.05) is 0 Å². The molecule has 4 heteroatoms. The average Bonchev–Trinajstić information content (AvgIpc) is 2.02. The van der Waals surface area contributed by atoms with E-state index in [2.05, 4.69) is 42.2 Å². The lowest BCUT2D eigenvalue weighted by Gasteiger charge is -2.22. The zero-order valence-electron chi connectivity index (χ0n) is 8.32. The van der Waals surface area contributed by atoms with E-state index in [0.29, 0.717) is 6.61 Å². The molecule has 0 aromatic heterocycles. The molecule has 0 N–H and O–H groups in total. The Morgan fingerprint density at radius 3 is 2.54 bits per heavy atom. The number of esters is 1. The highest BCUT2D eigenvalue weighted by molar-refractivity contribution is 14.1. The van der Waals surface area contributed by atoms with Gasteiger partial charge in [0, 0.05) is 5.57 Å². The van der Waals surface area contributed by atoms with E-state index in [-0.39, 0.29) is 5.97 Å². The third-order valence-corrected chi connectivity index (χ3v) is 9.10. The molecule has 0 unspecified atom stereocenters. The van der Waals surface area contributed by atoms with Crippen molar-refractivity contribution in [1.82, 2.24) is 0 Å². The summed E-state index contributed by atoms with van der Waals surface area (Å²) in [5.74, 6) is -0.0851. The first-order chi connectivity index (χ1) is 5.93. The third-order valence-electron chi connectivity index (χ3n) is 1.97. The second kappa shape index (κ2) is 4.12. The molecule has 0 bridgehead atoms. The van der Waals surface area contributed by atoms with Crippen molar-refractivity contribution in [3.63, 3.8) is 0 Å². The Kier molecular flexibility index (Phi) is 3.56. The molecule has 0 radical (unpaired) electrons. The van der Waals surface area contributed by atoms with Gasteiger partial charge in [-0.05, 0) is 16.0 Å². The number of hydrogen-bond donors (Lipinski definition) is 0. The summed E-state index contributed by atoms with van der Waals surface area (Å²) in [5.41, 5.74) is 0.936. The van der Waals surface area contributed by atoms with Crippen molar-refractivity contribution >= 4 is 36.6 Å². The molecule has 1 heterocycles. The van der Waals surface area contributed by atoms with Gasteiger partial charge in [-0.15, -0.1) is 0 Å². The van der Waals surface area contributed by atoms with Crippen LogP contribution in [0.1, 0.15) is 12.8 Å². The number of ether oxygens (including phenoxy) is 1. The Morgan fingerprint density at radius 1 is 1.46 bits per heavy atom. The van der Waals surface area contributed by atoms with Crippen molar-refractivity contribution in [1.29, 1.82) is 0 Å². The van der Waals surface area contributed by atoms with Crippen LogP contribution < -0.4 is 0 Å². The SMILES string of the molecule is C[Si](C)(C)/C(I)=C1\CCCOC1=O. The molecule has 13 heavy (non-hydrogen) atoms. The topological polar surface area (TPSA) is 26.3 Å². The number of hydrogen-bond acceptors (Lipinski definition) is 2. The normalized spacial score (nSPS) is 22.6. The van der Waals surface area contributed by atoms with E-state index >= 15 is 0 Å². The zero-order valence-corrected chi connectivity index (χ0v) is 11.5. The van der Waals surface area contributed by atoms with Gasteiger partial charge in [-0.1, -0.05) is 42.2 Å². The van der Waals surface area contributed by atoms with Crippen molar-refractivity contribution in [2.75, 3.05) is 6.61 Å². The Hall–Kier alpha value is 0.157. The fraction of sp³-hybridized carbons (Fsp3) is 0.667. The van der Waals surface area contributed by atoms with E-state index < -0.39 is 8.07 Å². The van der Waals surface area contributed by atoms with Crippen LogP contribution in [0.2, 0.25) is 19.6 Å². The van der Waals surface area contributed by atoms with Gasteiger partial charge in [0.15, 0.2) is 0 Å². The Balaban J connectivity index is 2.94. The van der Waals surface area contributed by atoms with Crippen LogP contribution in [-0.2, 0) is 9.53 Å². The van der Waals surface area contributed by atoms with Gasteiger partial charge >= 0.3 is 5.97 Å². The maximum Gasteiger partial charge on any atom is 0.334 e. The van der Waals surface area contributed by atoms with Crippen LogP contribution in [0.25, 0.3) is 0 Å². The van der Waals surface area contributed by atoms with Crippen LogP contribution in [-0.4, -0.2) is 20.7 Å². The number of cyclic esters (lactones) is 1. The maximum atomic E-state index is 11.4. The van der Waals surface area contributed by atoms with E-state index in [9.17, 15) is 4.79 Å². The van der Waals surface area contributed by atoms with Crippen molar-refractivity contribution in [2.45, 2.75) is 32.5 Å². The molecule has 0 atom stereocenters. The summed E-state index contributed by atoms with van der Waals surface area (Å²) in [6, 6.07) is 0. The molecule has 1 fully saturated rings. The minimum atomic E-state index is -1.32. The molecule has 0 aliphatic carbocycles. The van der Waals surface area contributed by atoms with Gasteiger partial charge in [0.05, 0.1) is 14.7 Å². The molecule has 1 saturated heterocycles. The number of rotatable bonds is 1. The lowest BCUT2D eigenvalue weighted by molar-refractivity contribution is -0.141. The van der Waals surface area contributed by atoms with Gasteiger partial charge in [-0.3, -0.25) is 0 Å². The number of halogens is 1. The van der Waals surface area contributed by atoms with Gasteiger partial charge < -0.3 is 4.74 Å². The van der Waals surface area contributed by atoms with Gasteiger partial charge in [-0.25, -0.2) is 4.79 Å². The molecule has 0 spiro atoms. The molecule has 0 aromatic rings. The summed E-state index contributed by atoms with van der Waals surface area (Å²) in [7, 11) is -1.32. The summed E-state index contributed by atoms with van der Waals surface area (Å²) in [6.07, 6.45) is 1.89. The van der Waals surface area contributed by atoms with Gasteiger partial charge in [0.1, 0.15) is 0 Å². The molecule has 0 amide bonds. The van der Waals surface area contributed by atoms with Crippen molar-refractivity contribution in [3.05, 3.63) is 8.78 Å². The number of carbonyl (C=O) groups is 1. The summed E-state index contributed by atoms with van der Waals surface area (Å²) in [6.45, 7) is 7.36. The van der Waals surface area contributed by atoms with Crippen LogP contribution in [0.4, 0.5) is 0 Å². The highest BCUT2D eigenvalue weighted by Crippen LogP contribution is 2.29. The Bertz CT molecular complexity index is 253. The van der Waals surface area contributed by atoms with Gasteiger partial charge in [-0.2, -0.15) is 0 Å². The highest BCUT2D eigenvalue weighted by atomic mass is 127. The molecule has 0 aromatic carbocycles. The first kappa shape index (κ1) is 11.2. The monoisotopic (exact) mass is 310 g/mol. The van der Waals surface area contributed by atoms with Gasteiger partial charge in [0.2, 0.25) is 0 Å². The Morgan fingerprint density at radius 2 is 2.08 bits per heavy atom.